The number of hydrogen-bond donors (Lipinski definition) is 0. The van der Waals surface area contributed by atoms with Crippen LogP contribution in [-0.2, 0) is 14.3 Å². The Morgan fingerprint density at radius 2 is 2.10 bits per heavy atom. The molecule has 0 fully saturated rings. The van der Waals surface area contributed by atoms with Crippen molar-refractivity contribution in [1.82, 2.24) is 4.90 Å². The van der Waals surface area contributed by atoms with Crippen LogP contribution < -0.4 is 9.47 Å². The van der Waals surface area contributed by atoms with Gasteiger partial charge in [-0.15, -0.1) is 11.3 Å². The summed E-state index contributed by atoms with van der Waals surface area (Å²) < 4.78 is 16.7. The van der Waals surface area contributed by atoms with Gasteiger partial charge in [-0.25, -0.2) is 9.79 Å². The van der Waals surface area contributed by atoms with Crippen LogP contribution in [0.2, 0.25) is 0 Å². The molecule has 2 heterocycles. The van der Waals surface area contributed by atoms with Gasteiger partial charge in [0.2, 0.25) is 5.90 Å². The number of ether oxygens (including phenoxy) is 3. The molecule has 0 spiro atoms. The van der Waals surface area contributed by atoms with E-state index in [4.69, 9.17) is 14.2 Å². The summed E-state index contributed by atoms with van der Waals surface area (Å²) in [6.45, 7) is 3.97. The molecule has 7 nitrogen and oxygen atoms in total. The van der Waals surface area contributed by atoms with E-state index in [9.17, 15) is 9.59 Å². The van der Waals surface area contributed by atoms with Crippen molar-refractivity contribution in [1.29, 1.82) is 0 Å². The van der Waals surface area contributed by atoms with Crippen molar-refractivity contribution in [2.45, 2.75) is 20.0 Å². The zero-order chi connectivity index (χ0) is 21.0. The highest BCUT2D eigenvalue weighted by atomic mass is 32.1. The summed E-state index contributed by atoms with van der Waals surface area (Å²) in [7, 11) is 3.35. The van der Waals surface area contributed by atoms with E-state index < -0.39 is 12.1 Å². The molecule has 29 heavy (non-hydrogen) atoms. The lowest BCUT2D eigenvalue weighted by molar-refractivity contribution is -0.135. The number of aliphatic imine (C=N–C) groups is 1. The Balaban J connectivity index is 1.85. The molecule has 0 N–H and O–H groups in total. The highest BCUT2D eigenvalue weighted by Crippen LogP contribution is 2.31. The minimum Gasteiger partial charge on any atom is -0.490 e. The fourth-order valence-electron chi connectivity index (χ4n) is 2.66. The molecule has 1 amide bonds. The summed E-state index contributed by atoms with van der Waals surface area (Å²) in [6.07, 6.45) is 0.972. The van der Waals surface area contributed by atoms with E-state index >= 15 is 0 Å². The number of hydrogen-bond acceptors (Lipinski definition) is 7. The van der Waals surface area contributed by atoms with Crippen LogP contribution in [0.4, 0.5) is 0 Å². The lowest BCUT2D eigenvalue weighted by Crippen LogP contribution is -2.35. The molecule has 0 radical (unpaired) electrons. The van der Waals surface area contributed by atoms with E-state index in [1.807, 2.05) is 24.4 Å². The van der Waals surface area contributed by atoms with Gasteiger partial charge in [-0.2, -0.15) is 0 Å². The molecule has 0 saturated heterocycles. The van der Waals surface area contributed by atoms with Crippen molar-refractivity contribution in [3.63, 3.8) is 0 Å². The molecule has 8 heteroatoms. The zero-order valence-corrected chi connectivity index (χ0v) is 17.5. The maximum Gasteiger partial charge on any atom is 0.363 e. The summed E-state index contributed by atoms with van der Waals surface area (Å²) in [5.41, 5.74) is 0.913. The van der Waals surface area contributed by atoms with E-state index in [0.29, 0.717) is 29.6 Å². The lowest BCUT2D eigenvalue weighted by atomic mass is 10.1. The van der Waals surface area contributed by atoms with Gasteiger partial charge < -0.3 is 19.1 Å². The molecule has 1 aromatic heterocycles. The standard InChI is InChI=1S/C21H22N2O5S/c1-5-26-17-12-14(8-9-16(17)27-13(2)20(24)23(3)4)11-15-21(25)28-19(22-15)18-7-6-10-29-18/h6-13H,5H2,1-4H3/b15-11-/t13-/m0/s1. The molecule has 152 valence electrons. The van der Waals surface area contributed by atoms with Crippen molar-refractivity contribution in [2.24, 2.45) is 4.99 Å². The van der Waals surface area contributed by atoms with Crippen molar-refractivity contribution in [3.8, 4) is 11.5 Å². The largest absolute Gasteiger partial charge is 0.490 e. The number of carbonyl (C=O) groups excluding carboxylic acids is 2. The van der Waals surface area contributed by atoms with E-state index in [2.05, 4.69) is 4.99 Å². The first-order valence-corrected chi connectivity index (χ1v) is 9.98. The van der Waals surface area contributed by atoms with Crippen LogP contribution in [0.1, 0.15) is 24.3 Å². The number of thiophene rings is 1. The third kappa shape index (κ3) is 4.83. The summed E-state index contributed by atoms with van der Waals surface area (Å²) in [4.78, 5) is 30.8. The number of cyclic esters (lactones) is 1. The smallest absolute Gasteiger partial charge is 0.363 e. The van der Waals surface area contributed by atoms with Gasteiger partial charge in [0.15, 0.2) is 23.3 Å². The third-order valence-electron chi connectivity index (χ3n) is 4.02. The normalized spacial score (nSPS) is 15.7. The summed E-state index contributed by atoms with van der Waals surface area (Å²) in [5.74, 6) is 0.583. The van der Waals surface area contributed by atoms with E-state index in [1.54, 1.807) is 45.3 Å². The van der Waals surface area contributed by atoms with Crippen LogP contribution in [0.25, 0.3) is 6.08 Å². The molecule has 0 unspecified atom stereocenters. The van der Waals surface area contributed by atoms with E-state index in [-0.39, 0.29) is 11.6 Å². The second-order valence-electron chi connectivity index (χ2n) is 6.45. The minimum absolute atomic E-state index is 0.150. The Labute approximate surface area is 173 Å². The summed E-state index contributed by atoms with van der Waals surface area (Å²) in [6, 6.07) is 8.93. The fraction of sp³-hybridized carbons (Fsp3) is 0.286. The minimum atomic E-state index is -0.656. The topological polar surface area (TPSA) is 77.4 Å². The summed E-state index contributed by atoms with van der Waals surface area (Å²) in [5, 5.41) is 1.89. The first-order valence-electron chi connectivity index (χ1n) is 9.10. The number of esters is 1. The zero-order valence-electron chi connectivity index (χ0n) is 16.7. The Morgan fingerprint density at radius 1 is 1.31 bits per heavy atom. The second kappa shape index (κ2) is 8.91. The van der Waals surface area contributed by atoms with Crippen molar-refractivity contribution < 1.29 is 23.8 Å². The van der Waals surface area contributed by atoms with Crippen LogP contribution in [0.5, 0.6) is 11.5 Å². The Hall–Kier alpha value is -3.13. The molecular weight excluding hydrogens is 392 g/mol. The summed E-state index contributed by atoms with van der Waals surface area (Å²) >= 11 is 1.45. The van der Waals surface area contributed by atoms with Gasteiger partial charge in [-0.3, -0.25) is 4.79 Å². The van der Waals surface area contributed by atoms with Gasteiger partial charge in [-0.1, -0.05) is 12.1 Å². The lowest BCUT2D eigenvalue weighted by Gasteiger charge is -2.20. The Kier molecular flexibility index (Phi) is 6.33. The molecule has 1 aliphatic rings. The van der Waals surface area contributed by atoms with Crippen LogP contribution in [0.3, 0.4) is 0 Å². The molecule has 1 aromatic carbocycles. The first-order chi connectivity index (χ1) is 13.9. The fourth-order valence-corrected chi connectivity index (χ4v) is 3.31. The molecule has 2 aromatic rings. The SMILES string of the molecule is CCOc1cc(/C=C2\N=C(c3cccs3)OC2=O)ccc1O[C@@H](C)C(=O)N(C)C. The number of benzene rings is 1. The first kappa shape index (κ1) is 20.6. The monoisotopic (exact) mass is 414 g/mol. The Bertz CT molecular complexity index is 963. The number of rotatable bonds is 7. The van der Waals surface area contributed by atoms with Crippen molar-refractivity contribution in [3.05, 3.63) is 51.8 Å². The van der Waals surface area contributed by atoms with Crippen LogP contribution in [0.15, 0.2) is 46.4 Å². The average molecular weight is 414 g/mol. The van der Waals surface area contributed by atoms with E-state index in [0.717, 1.165) is 4.88 Å². The quantitative estimate of drug-likeness (QED) is 0.513. The van der Waals surface area contributed by atoms with Crippen LogP contribution in [-0.4, -0.2) is 49.5 Å². The molecule has 0 saturated carbocycles. The predicted octanol–water partition coefficient (Wildman–Crippen LogP) is 3.35. The maximum atomic E-state index is 12.1. The molecule has 1 aliphatic heterocycles. The van der Waals surface area contributed by atoms with Gasteiger partial charge in [0.25, 0.3) is 5.91 Å². The van der Waals surface area contributed by atoms with Gasteiger partial charge in [0.05, 0.1) is 11.5 Å². The van der Waals surface area contributed by atoms with Crippen molar-refractivity contribution >= 4 is 35.2 Å². The van der Waals surface area contributed by atoms with E-state index in [1.165, 1.54) is 16.2 Å². The molecular formula is C21H22N2O5S. The van der Waals surface area contributed by atoms with Crippen LogP contribution in [0, 0.1) is 0 Å². The highest BCUT2D eigenvalue weighted by molar-refractivity contribution is 7.12. The third-order valence-corrected chi connectivity index (χ3v) is 4.87. The van der Waals surface area contributed by atoms with Gasteiger partial charge in [-0.05, 0) is 49.1 Å². The molecule has 0 aliphatic carbocycles. The maximum absolute atomic E-state index is 12.1. The Morgan fingerprint density at radius 3 is 2.76 bits per heavy atom. The molecule has 0 bridgehead atoms. The number of nitrogens with zero attached hydrogens (tertiary/aromatic N) is 2. The second-order valence-corrected chi connectivity index (χ2v) is 7.39. The number of amides is 1. The predicted molar refractivity (Wildman–Crippen MR) is 111 cm³/mol. The molecule has 1 atom stereocenters. The highest BCUT2D eigenvalue weighted by Gasteiger charge is 2.25. The van der Waals surface area contributed by atoms with Gasteiger partial charge in [0.1, 0.15) is 0 Å². The van der Waals surface area contributed by atoms with Gasteiger partial charge in [0, 0.05) is 14.1 Å². The van der Waals surface area contributed by atoms with Gasteiger partial charge >= 0.3 is 5.97 Å². The van der Waals surface area contributed by atoms with Crippen LogP contribution >= 0.6 is 11.3 Å². The van der Waals surface area contributed by atoms with Crippen molar-refractivity contribution in [2.75, 3.05) is 20.7 Å². The number of carbonyl (C=O) groups is 2. The average Bonchev–Trinajstić information content (AvgIpc) is 3.33. The number of likely N-dealkylation sites (N-methyl/N-ethyl adjacent to an activating group) is 1. The molecule has 3 rings (SSSR count).